The molecule has 192 valence electrons. The van der Waals surface area contributed by atoms with E-state index in [0.29, 0.717) is 15.8 Å². The average molecular weight is 537 g/mol. The van der Waals surface area contributed by atoms with Gasteiger partial charge in [-0.2, -0.15) is 0 Å². The third kappa shape index (κ3) is 10.7. The average Bonchev–Trinajstić information content (AvgIpc) is 2.91. The van der Waals surface area contributed by atoms with Crippen molar-refractivity contribution in [1.29, 1.82) is 0 Å². The Morgan fingerprint density at radius 3 is 0.758 bits per heavy atom. The van der Waals surface area contributed by atoms with E-state index in [0.717, 1.165) is 0 Å². The van der Waals surface area contributed by atoms with Crippen LogP contribution in [0.1, 0.15) is 128 Å². The quantitative estimate of drug-likeness (QED) is 0.241. The molecular weight excluding hydrogens is 489 g/mol. The van der Waals surface area contributed by atoms with Crippen molar-refractivity contribution >= 4 is 29.4 Å². The number of rotatable bonds is 7. The second-order valence-electron chi connectivity index (χ2n) is 10.6. The summed E-state index contributed by atoms with van der Waals surface area (Å²) < 4.78 is 0. The Kier molecular flexibility index (Phi) is 19.1. The zero-order valence-corrected chi connectivity index (χ0v) is 23.7. The molecule has 4 saturated carbocycles. The van der Waals surface area contributed by atoms with Gasteiger partial charge in [-0.1, -0.05) is 92.9 Å². The van der Waals surface area contributed by atoms with E-state index in [1.54, 1.807) is 141 Å². The largest absolute Gasteiger partial charge is 0.281 e. The molecule has 4 fully saturated rings. The molecule has 0 bridgehead atoms. The fraction of sp³-hybridized carbons (Fsp3) is 0.929. The van der Waals surface area contributed by atoms with Gasteiger partial charge in [-0.15, -0.1) is 0 Å². The third-order valence-corrected chi connectivity index (χ3v) is 16.4. The van der Waals surface area contributed by atoms with E-state index in [1.807, 2.05) is 0 Å². The zero-order chi connectivity index (χ0) is 23.0. The van der Waals surface area contributed by atoms with Gasteiger partial charge in [-0.05, 0) is 86.3 Å². The van der Waals surface area contributed by atoms with Crippen LogP contribution in [0.15, 0.2) is 0 Å². The minimum absolute atomic E-state index is 0. The van der Waals surface area contributed by atoms with Gasteiger partial charge < -0.3 is 0 Å². The van der Waals surface area contributed by atoms with Crippen molar-refractivity contribution in [2.45, 2.75) is 151 Å². The van der Waals surface area contributed by atoms with Crippen LogP contribution in [0.5, 0.6) is 0 Å². The summed E-state index contributed by atoms with van der Waals surface area (Å²) in [7, 11) is 0.689. The van der Waals surface area contributed by atoms with Crippen molar-refractivity contribution in [3.63, 3.8) is 0 Å². The first kappa shape index (κ1) is 31.7. The van der Waals surface area contributed by atoms with Crippen molar-refractivity contribution in [1.82, 2.24) is 0 Å². The maximum atomic E-state index is 7.50. The Morgan fingerprint density at radius 2 is 0.576 bits per heavy atom. The smallest absolute Gasteiger partial charge is 0.281 e. The second kappa shape index (κ2) is 19.8. The summed E-state index contributed by atoms with van der Waals surface area (Å²) >= 11 is 0. The van der Waals surface area contributed by atoms with E-state index >= 15 is 0 Å². The summed E-state index contributed by atoms with van der Waals surface area (Å²) in [4.78, 5) is 15.0. The molecule has 33 heavy (non-hydrogen) atoms. The van der Waals surface area contributed by atoms with Gasteiger partial charge >= 0.3 is 0 Å². The molecule has 0 spiro atoms. The van der Waals surface area contributed by atoms with Gasteiger partial charge in [-0.3, -0.25) is 9.59 Å². The van der Waals surface area contributed by atoms with Crippen molar-refractivity contribution in [2.75, 3.05) is 12.3 Å². The summed E-state index contributed by atoms with van der Waals surface area (Å²) in [5.74, 6) is 0. The van der Waals surface area contributed by atoms with Gasteiger partial charge in [0.1, 0.15) is 0 Å². The zero-order valence-electron chi connectivity index (χ0n) is 20.9. The van der Waals surface area contributed by atoms with Crippen LogP contribution < -0.4 is 0 Å². The number of carbonyl (C=O) groups excluding carboxylic acids is 2. The normalized spacial score (nSPS) is 23.7. The first-order chi connectivity index (χ1) is 15.9. The predicted octanol–water partition coefficient (Wildman–Crippen LogP) is 8.48. The maximum absolute atomic E-state index is 7.50. The van der Waals surface area contributed by atoms with Crippen LogP contribution in [-0.4, -0.2) is 48.5 Å². The Labute approximate surface area is 218 Å². The summed E-state index contributed by atoms with van der Waals surface area (Å²) in [5.41, 5.74) is 4.73. The first-order valence-corrected chi connectivity index (χ1v) is 17.2. The van der Waals surface area contributed by atoms with Crippen molar-refractivity contribution < 1.29 is 26.1 Å². The van der Waals surface area contributed by atoms with Crippen LogP contribution in [0.4, 0.5) is 0 Å². The second-order valence-corrected chi connectivity index (χ2v) is 16.5. The Hall–Kier alpha value is 0.694. The van der Waals surface area contributed by atoms with Gasteiger partial charge in [-0.25, -0.2) is 0 Å². The molecule has 0 N–H and O–H groups in total. The van der Waals surface area contributed by atoms with Crippen molar-refractivity contribution in [2.24, 2.45) is 0 Å². The predicted molar refractivity (Wildman–Crippen MR) is 142 cm³/mol. The third-order valence-electron chi connectivity index (χ3n) is 8.79. The molecule has 0 aromatic carbocycles. The van der Waals surface area contributed by atoms with Crippen LogP contribution in [-0.2, 0) is 26.1 Å². The van der Waals surface area contributed by atoms with Crippen LogP contribution >= 0.6 is 15.8 Å². The van der Waals surface area contributed by atoms with E-state index < -0.39 is 0 Å². The molecule has 0 aromatic heterocycles. The van der Waals surface area contributed by atoms with Gasteiger partial charge in [0.2, 0.25) is 0 Å². The van der Waals surface area contributed by atoms with Gasteiger partial charge in [0, 0.05) is 16.5 Å². The molecule has 4 radical (unpaired) electrons. The molecule has 0 amide bonds. The Bertz CT molecular complexity index is 379. The van der Waals surface area contributed by atoms with Crippen LogP contribution in [0.2, 0.25) is 0 Å². The van der Waals surface area contributed by atoms with Crippen molar-refractivity contribution in [3.05, 3.63) is 0 Å². The maximum Gasteiger partial charge on any atom is 0.281 e. The summed E-state index contributed by atoms with van der Waals surface area (Å²) in [6, 6.07) is 0. The van der Waals surface area contributed by atoms with Crippen molar-refractivity contribution in [3.8, 4) is 0 Å². The molecular formula is C28H48NiO2P2. The molecule has 4 aliphatic rings. The van der Waals surface area contributed by atoms with E-state index in [-0.39, 0.29) is 16.5 Å². The Balaban J connectivity index is 0.00000103. The summed E-state index contributed by atoms with van der Waals surface area (Å²) in [6.07, 6.45) is 35.1. The van der Waals surface area contributed by atoms with Crippen LogP contribution in [0.3, 0.4) is 0 Å². The molecule has 0 atom stereocenters. The molecule has 0 aromatic rings. The molecule has 5 heteroatoms. The van der Waals surface area contributed by atoms with Crippen LogP contribution in [0.25, 0.3) is 0 Å². The van der Waals surface area contributed by atoms with E-state index in [1.165, 1.54) is 22.6 Å². The molecule has 0 unspecified atom stereocenters. The van der Waals surface area contributed by atoms with Gasteiger partial charge in [0.05, 0.1) is 0 Å². The van der Waals surface area contributed by atoms with E-state index in [2.05, 4.69) is 13.6 Å². The minimum Gasteiger partial charge on any atom is -0.281 e. The Morgan fingerprint density at radius 1 is 0.394 bits per heavy atom. The fourth-order valence-electron chi connectivity index (χ4n) is 7.21. The van der Waals surface area contributed by atoms with E-state index in [9.17, 15) is 0 Å². The molecule has 0 heterocycles. The summed E-state index contributed by atoms with van der Waals surface area (Å²) in [5, 5.41) is 0. The standard InChI is InChI=1S/C26H48P2.2CO.Ni/c1-5-13-23(14-6-1)27(24-15-7-2-8-16-24)21-22-28(25-17-9-3-10-18-25)26-19-11-4-12-20-26;2*1-2;/h23-26H,1-22H2;;;. The molecule has 0 aliphatic heterocycles. The number of hydrogen-bond acceptors (Lipinski definition) is 2. The van der Waals surface area contributed by atoms with Gasteiger partial charge in [0.25, 0.3) is 13.6 Å². The first-order valence-electron chi connectivity index (χ1n) is 13.8. The molecule has 2 nitrogen and oxygen atoms in total. The van der Waals surface area contributed by atoms with Gasteiger partial charge in [0.15, 0.2) is 0 Å². The summed E-state index contributed by atoms with van der Waals surface area (Å²) in [6.45, 7) is 9.00. The molecule has 0 saturated heterocycles. The molecule has 4 aliphatic carbocycles. The monoisotopic (exact) mass is 536 g/mol. The topological polar surface area (TPSA) is 34.1 Å². The number of hydrogen-bond donors (Lipinski definition) is 0. The SMILES string of the molecule is C1CCC(P(CCP(C2CCCCC2)C2CCCCC2)C2CCCCC2)CC1.[C]=O.[C]=O.[Ni]. The fourth-order valence-corrected chi connectivity index (χ4v) is 15.8. The van der Waals surface area contributed by atoms with Crippen LogP contribution in [0, 0.1) is 0 Å². The minimum atomic E-state index is 0. The van der Waals surface area contributed by atoms with E-state index in [4.69, 9.17) is 9.59 Å². The molecule has 4 rings (SSSR count).